The zero-order chi connectivity index (χ0) is 10.3. The van der Waals surface area contributed by atoms with Gasteiger partial charge in [-0.1, -0.05) is 0 Å². The lowest BCUT2D eigenvalue weighted by Gasteiger charge is -2.05. The summed E-state index contributed by atoms with van der Waals surface area (Å²) in [5.74, 6) is -0.374. The van der Waals surface area contributed by atoms with Crippen LogP contribution in [0.2, 0.25) is 0 Å². The van der Waals surface area contributed by atoms with Gasteiger partial charge in [0.15, 0.2) is 0 Å². The normalized spacial score (nSPS) is 15.2. The average Bonchev–Trinajstić information content (AvgIpc) is 2.46. The molecule has 1 aliphatic rings. The Morgan fingerprint density at radius 2 is 2.14 bits per heavy atom. The molecule has 0 aliphatic carbocycles. The number of nitrogens with zero attached hydrogens (tertiary/aromatic N) is 1. The van der Waals surface area contributed by atoms with Crippen molar-refractivity contribution in [3.05, 3.63) is 29.1 Å². The van der Waals surface area contributed by atoms with Crippen molar-refractivity contribution in [1.29, 1.82) is 0 Å². The average molecular weight is 202 g/mol. The fourth-order valence-electron chi connectivity index (χ4n) is 1.27. The van der Waals surface area contributed by atoms with Crippen LogP contribution in [0.1, 0.15) is 21.6 Å². The van der Waals surface area contributed by atoms with Gasteiger partial charge in [-0.15, -0.1) is 0 Å². The fourth-order valence-corrected chi connectivity index (χ4v) is 1.27. The molecule has 74 valence electrons. The second kappa shape index (κ2) is 2.70. The topological polar surface area (TPSA) is 42.0 Å². The summed E-state index contributed by atoms with van der Waals surface area (Å²) >= 11 is 0. The van der Waals surface area contributed by atoms with Crippen molar-refractivity contribution in [1.82, 2.24) is 10.3 Å². The summed E-state index contributed by atoms with van der Waals surface area (Å²) in [6, 6.07) is 0.896. The van der Waals surface area contributed by atoms with Crippen LogP contribution >= 0.6 is 0 Å². The van der Waals surface area contributed by atoms with Gasteiger partial charge in [0.25, 0.3) is 5.91 Å². The Morgan fingerprint density at radius 1 is 1.43 bits per heavy atom. The number of fused-ring (bicyclic) bond motifs is 1. The van der Waals surface area contributed by atoms with Crippen molar-refractivity contribution in [2.24, 2.45) is 0 Å². The van der Waals surface area contributed by atoms with E-state index in [1.807, 2.05) is 0 Å². The monoisotopic (exact) mass is 202 g/mol. The molecule has 0 unspecified atom stereocenters. The summed E-state index contributed by atoms with van der Waals surface area (Å²) in [6.07, 6.45) is -3.50. The summed E-state index contributed by atoms with van der Waals surface area (Å²) in [7, 11) is 0. The summed E-state index contributed by atoms with van der Waals surface area (Å²) < 4.78 is 36.6. The van der Waals surface area contributed by atoms with E-state index in [9.17, 15) is 18.0 Å². The first kappa shape index (κ1) is 8.98. The van der Waals surface area contributed by atoms with Gasteiger partial charge in [-0.25, -0.2) is 0 Å². The SMILES string of the molecule is O=C1NCc2cc(C(F)(F)F)ncc21. The number of carbonyl (C=O) groups excluding carboxylic acids is 1. The second-order valence-corrected chi connectivity index (χ2v) is 2.91. The first-order chi connectivity index (χ1) is 6.48. The maximum Gasteiger partial charge on any atom is 0.433 e. The maximum atomic E-state index is 12.2. The van der Waals surface area contributed by atoms with Gasteiger partial charge < -0.3 is 5.32 Å². The smallest absolute Gasteiger partial charge is 0.348 e. The largest absolute Gasteiger partial charge is 0.433 e. The van der Waals surface area contributed by atoms with Crippen molar-refractivity contribution < 1.29 is 18.0 Å². The minimum absolute atomic E-state index is 0.139. The van der Waals surface area contributed by atoms with Crippen molar-refractivity contribution in [3.8, 4) is 0 Å². The molecule has 14 heavy (non-hydrogen) atoms. The van der Waals surface area contributed by atoms with Crippen molar-refractivity contribution in [2.45, 2.75) is 12.7 Å². The molecule has 0 saturated heterocycles. The highest BCUT2D eigenvalue weighted by atomic mass is 19.4. The van der Waals surface area contributed by atoms with Gasteiger partial charge >= 0.3 is 6.18 Å². The third-order valence-electron chi connectivity index (χ3n) is 1.96. The summed E-state index contributed by atoms with van der Waals surface area (Å²) in [5, 5.41) is 2.42. The third kappa shape index (κ3) is 1.32. The molecule has 3 nitrogen and oxygen atoms in total. The Hall–Kier alpha value is -1.59. The minimum atomic E-state index is -4.46. The summed E-state index contributed by atoms with van der Waals surface area (Å²) in [6.45, 7) is 0.139. The molecule has 0 spiro atoms. The van der Waals surface area contributed by atoms with E-state index in [1.54, 1.807) is 0 Å². The molecule has 0 aromatic carbocycles. The van der Waals surface area contributed by atoms with E-state index in [-0.39, 0.29) is 18.0 Å². The molecule has 2 rings (SSSR count). The number of hydrogen-bond acceptors (Lipinski definition) is 2. The molecule has 0 radical (unpaired) electrons. The molecule has 1 aromatic heterocycles. The summed E-state index contributed by atoms with van der Waals surface area (Å²) in [4.78, 5) is 14.2. The van der Waals surface area contributed by atoms with E-state index >= 15 is 0 Å². The maximum absolute atomic E-state index is 12.2. The Kier molecular flexibility index (Phi) is 1.73. The lowest BCUT2D eigenvalue weighted by molar-refractivity contribution is -0.141. The molecule has 0 atom stereocenters. The Morgan fingerprint density at radius 3 is 2.79 bits per heavy atom. The quantitative estimate of drug-likeness (QED) is 0.689. The Labute approximate surface area is 76.9 Å². The molecule has 1 N–H and O–H groups in total. The van der Waals surface area contributed by atoms with Gasteiger partial charge in [-0.05, 0) is 11.6 Å². The van der Waals surface area contributed by atoms with Crippen molar-refractivity contribution in [2.75, 3.05) is 0 Å². The van der Waals surface area contributed by atoms with Gasteiger partial charge in [-0.2, -0.15) is 13.2 Å². The molecule has 6 heteroatoms. The van der Waals surface area contributed by atoms with Crippen LogP contribution in [-0.2, 0) is 12.7 Å². The summed E-state index contributed by atoms with van der Waals surface area (Å²) in [5.41, 5.74) is -0.400. The van der Waals surface area contributed by atoms with Crippen LogP contribution in [0.4, 0.5) is 13.2 Å². The predicted octanol–water partition coefficient (Wildman–Crippen LogP) is 1.34. The van der Waals surface area contributed by atoms with Crippen LogP contribution < -0.4 is 5.32 Å². The zero-order valence-electron chi connectivity index (χ0n) is 6.85. The van der Waals surface area contributed by atoms with Crippen molar-refractivity contribution >= 4 is 5.91 Å². The van der Waals surface area contributed by atoms with Crippen LogP contribution in [0.3, 0.4) is 0 Å². The highest BCUT2D eigenvalue weighted by Gasteiger charge is 2.34. The predicted molar refractivity (Wildman–Crippen MR) is 40.4 cm³/mol. The van der Waals surface area contributed by atoms with E-state index in [0.29, 0.717) is 5.56 Å². The number of hydrogen-bond donors (Lipinski definition) is 1. The van der Waals surface area contributed by atoms with E-state index in [1.165, 1.54) is 0 Å². The number of aromatic nitrogens is 1. The van der Waals surface area contributed by atoms with E-state index in [2.05, 4.69) is 10.3 Å². The number of pyridine rings is 1. The van der Waals surface area contributed by atoms with E-state index in [0.717, 1.165) is 12.3 Å². The van der Waals surface area contributed by atoms with Gasteiger partial charge in [-0.3, -0.25) is 9.78 Å². The highest BCUT2D eigenvalue weighted by molar-refractivity contribution is 5.97. The standard InChI is InChI=1S/C8H5F3N2O/c9-8(10,11)6-1-4-2-13-7(14)5(4)3-12-6/h1,3H,2H2,(H,13,14). The first-order valence-corrected chi connectivity index (χ1v) is 3.83. The lowest BCUT2D eigenvalue weighted by Crippen LogP contribution is -2.12. The van der Waals surface area contributed by atoms with Crippen LogP contribution in [0.25, 0.3) is 0 Å². The Balaban J connectivity index is 2.47. The van der Waals surface area contributed by atoms with Gasteiger partial charge in [0.05, 0.1) is 5.56 Å². The molecule has 0 bridgehead atoms. The fraction of sp³-hybridized carbons (Fsp3) is 0.250. The van der Waals surface area contributed by atoms with Gasteiger partial charge in [0.1, 0.15) is 5.69 Å². The molecule has 2 heterocycles. The number of alkyl halides is 3. The molecule has 1 aromatic rings. The van der Waals surface area contributed by atoms with Crippen molar-refractivity contribution in [3.63, 3.8) is 0 Å². The molecule has 1 amide bonds. The Bertz CT molecular complexity index is 400. The highest BCUT2D eigenvalue weighted by Crippen LogP contribution is 2.29. The molecule has 0 saturated carbocycles. The van der Waals surface area contributed by atoms with Gasteiger partial charge in [0, 0.05) is 12.7 Å². The van der Waals surface area contributed by atoms with Crippen LogP contribution in [0.15, 0.2) is 12.3 Å². The van der Waals surface area contributed by atoms with E-state index < -0.39 is 11.9 Å². The van der Waals surface area contributed by atoms with Crippen LogP contribution in [0.5, 0.6) is 0 Å². The lowest BCUT2D eigenvalue weighted by atomic mass is 10.1. The minimum Gasteiger partial charge on any atom is -0.348 e. The second-order valence-electron chi connectivity index (χ2n) is 2.91. The molecular weight excluding hydrogens is 197 g/mol. The third-order valence-corrected chi connectivity index (χ3v) is 1.96. The van der Waals surface area contributed by atoms with Gasteiger partial charge in [0.2, 0.25) is 0 Å². The molecule has 0 fully saturated rings. The number of carbonyl (C=O) groups is 1. The van der Waals surface area contributed by atoms with Crippen LogP contribution in [0, 0.1) is 0 Å². The number of nitrogens with one attached hydrogen (secondary N) is 1. The zero-order valence-corrected chi connectivity index (χ0v) is 6.85. The number of rotatable bonds is 0. The number of amides is 1. The van der Waals surface area contributed by atoms with Crippen LogP contribution in [-0.4, -0.2) is 10.9 Å². The molecule has 1 aliphatic heterocycles. The number of halogens is 3. The first-order valence-electron chi connectivity index (χ1n) is 3.83. The van der Waals surface area contributed by atoms with E-state index in [4.69, 9.17) is 0 Å². The molecular formula is C8H5F3N2O.